The van der Waals surface area contributed by atoms with Crippen molar-refractivity contribution in [2.75, 3.05) is 57.1 Å². The number of nitro groups is 1. The molecule has 0 aliphatic carbocycles. The zero-order valence-corrected chi connectivity index (χ0v) is 16.0. The second kappa shape index (κ2) is 9.75. The summed E-state index contributed by atoms with van der Waals surface area (Å²) in [6.45, 7) is 4.20. The number of anilines is 3. The van der Waals surface area contributed by atoms with Gasteiger partial charge in [-0.15, -0.1) is 0 Å². The van der Waals surface area contributed by atoms with Crippen LogP contribution in [0.2, 0.25) is 0 Å². The third-order valence-corrected chi connectivity index (χ3v) is 4.41. The quantitative estimate of drug-likeness (QED) is 0.382. The summed E-state index contributed by atoms with van der Waals surface area (Å²) in [6.07, 6.45) is 1.23. The van der Waals surface area contributed by atoms with Crippen molar-refractivity contribution in [3.8, 4) is 0 Å². The van der Waals surface area contributed by atoms with Crippen LogP contribution in [0, 0.1) is 10.1 Å². The lowest BCUT2D eigenvalue weighted by Gasteiger charge is -2.26. The van der Waals surface area contributed by atoms with Crippen LogP contribution in [-0.2, 0) is 9.47 Å². The molecule has 1 aromatic carbocycles. The second-order valence-corrected chi connectivity index (χ2v) is 6.22. The smallest absolute Gasteiger partial charge is 0.353 e. The number of aromatic nitrogens is 2. The average molecular weight is 402 g/mol. The number of carbonyl (C=O) groups is 1. The van der Waals surface area contributed by atoms with Crippen molar-refractivity contribution in [2.24, 2.45) is 0 Å². The van der Waals surface area contributed by atoms with E-state index >= 15 is 0 Å². The summed E-state index contributed by atoms with van der Waals surface area (Å²) in [5, 5.41) is 17.6. The van der Waals surface area contributed by atoms with E-state index in [1.165, 1.54) is 13.4 Å². The fraction of sp³-hybridized carbons (Fsp3) is 0.389. The molecule has 29 heavy (non-hydrogen) atoms. The molecule has 0 atom stereocenters. The molecule has 3 rings (SSSR count). The van der Waals surface area contributed by atoms with Gasteiger partial charge in [0.25, 0.3) is 0 Å². The summed E-state index contributed by atoms with van der Waals surface area (Å²) in [5.74, 6) is -0.472. The Hall–Kier alpha value is -3.31. The van der Waals surface area contributed by atoms with Gasteiger partial charge in [-0.2, -0.15) is 0 Å². The number of benzene rings is 1. The van der Waals surface area contributed by atoms with Crippen LogP contribution in [0.1, 0.15) is 10.4 Å². The van der Waals surface area contributed by atoms with E-state index in [0.717, 1.165) is 13.1 Å². The molecule has 2 heterocycles. The standard InChI is InChI=1S/C18H22N6O5/c1-28-18(25)13-4-2-3-5-14(13)22-17-15(24(26)27)16(20-12-21-17)19-6-7-23-8-10-29-11-9-23/h2-5,12H,6-11H2,1H3,(H2,19,20,21,22). The first-order chi connectivity index (χ1) is 14.1. The summed E-state index contributed by atoms with van der Waals surface area (Å²) in [7, 11) is 1.27. The molecule has 0 bridgehead atoms. The summed E-state index contributed by atoms with van der Waals surface area (Å²) >= 11 is 0. The zero-order chi connectivity index (χ0) is 20.6. The van der Waals surface area contributed by atoms with Gasteiger partial charge in [-0.05, 0) is 12.1 Å². The molecule has 1 aromatic heterocycles. The van der Waals surface area contributed by atoms with E-state index < -0.39 is 10.9 Å². The van der Waals surface area contributed by atoms with E-state index in [4.69, 9.17) is 9.47 Å². The number of nitrogens with one attached hydrogen (secondary N) is 2. The molecular formula is C18H22N6O5. The molecule has 1 saturated heterocycles. The van der Waals surface area contributed by atoms with Gasteiger partial charge < -0.3 is 20.1 Å². The molecule has 11 nitrogen and oxygen atoms in total. The Bertz CT molecular complexity index is 872. The normalized spacial score (nSPS) is 14.2. The van der Waals surface area contributed by atoms with Gasteiger partial charge in [0.1, 0.15) is 6.33 Å². The zero-order valence-electron chi connectivity index (χ0n) is 16.0. The molecule has 0 unspecified atom stereocenters. The van der Waals surface area contributed by atoms with Gasteiger partial charge in [0.15, 0.2) is 0 Å². The minimum atomic E-state index is -0.561. The summed E-state index contributed by atoms with van der Waals surface area (Å²) in [5.41, 5.74) is 0.291. The second-order valence-electron chi connectivity index (χ2n) is 6.22. The van der Waals surface area contributed by atoms with E-state index in [-0.39, 0.29) is 22.9 Å². The number of esters is 1. The number of rotatable bonds is 8. The van der Waals surface area contributed by atoms with E-state index in [9.17, 15) is 14.9 Å². The Morgan fingerprint density at radius 2 is 2.00 bits per heavy atom. The van der Waals surface area contributed by atoms with Crippen LogP contribution in [-0.4, -0.2) is 72.3 Å². The van der Waals surface area contributed by atoms with Gasteiger partial charge in [-0.3, -0.25) is 15.0 Å². The van der Waals surface area contributed by atoms with Crippen molar-refractivity contribution in [3.63, 3.8) is 0 Å². The third kappa shape index (κ3) is 5.15. The molecule has 154 valence electrons. The maximum absolute atomic E-state index is 11.9. The fourth-order valence-electron chi connectivity index (χ4n) is 2.94. The number of ether oxygens (including phenoxy) is 2. The number of para-hydroxylation sites is 1. The Balaban J connectivity index is 1.78. The van der Waals surface area contributed by atoms with Crippen molar-refractivity contribution >= 4 is 29.0 Å². The van der Waals surface area contributed by atoms with Gasteiger partial charge in [-0.1, -0.05) is 12.1 Å². The van der Waals surface area contributed by atoms with Gasteiger partial charge in [-0.25, -0.2) is 14.8 Å². The van der Waals surface area contributed by atoms with E-state index in [1.54, 1.807) is 24.3 Å². The van der Waals surface area contributed by atoms with Crippen LogP contribution in [0.4, 0.5) is 23.0 Å². The molecule has 2 aromatic rings. The lowest BCUT2D eigenvalue weighted by Crippen LogP contribution is -2.39. The van der Waals surface area contributed by atoms with Crippen molar-refractivity contribution in [1.82, 2.24) is 14.9 Å². The number of hydrogen-bond acceptors (Lipinski definition) is 10. The molecule has 2 N–H and O–H groups in total. The number of carbonyl (C=O) groups excluding carboxylic acids is 1. The molecule has 0 radical (unpaired) electrons. The number of methoxy groups -OCH3 is 1. The van der Waals surface area contributed by atoms with Gasteiger partial charge in [0.2, 0.25) is 11.6 Å². The summed E-state index contributed by atoms with van der Waals surface area (Å²) < 4.78 is 10.1. The Morgan fingerprint density at radius 1 is 1.28 bits per heavy atom. The van der Waals surface area contributed by atoms with E-state index in [0.29, 0.717) is 32.0 Å². The molecule has 11 heteroatoms. The number of hydrogen-bond donors (Lipinski definition) is 2. The first-order valence-corrected chi connectivity index (χ1v) is 9.08. The van der Waals surface area contributed by atoms with Crippen LogP contribution >= 0.6 is 0 Å². The molecule has 1 aliphatic rings. The summed E-state index contributed by atoms with van der Waals surface area (Å²) in [4.78, 5) is 33.3. The van der Waals surface area contributed by atoms with Crippen molar-refractivity contribution in [1.29, 1.82) is 0 Å². The highest BCUT2D eigenvalue weighted by atomic mass is 16.6. The van der Waals surface area contributed by atoms with Gasteiger partial charge >= 0.3 is 11.7 Å². The van der Waals surface area contributed by atoms with Crippen molar-refractivity contribution in [2.45, 2.75) is 0 Å². The molecule has 0 saturated carbocycles. The fourth-order valence-corrected chi connectivity index (χ4v) is 2.94. The van der Waals surface area contributed by atoms with Crippen LogP contribution in [0.15, 0.2) is 30.6 Å². The predicted octanol–water partition coefficient (Wildman–Crippen LogP) is 1.66. The van der Waals surface area contributed by atoms with E-state index in [1.807, 2.05) is 0 Å². The van der Waals surface area contributed by atoms with Gasteiger partial charge in [0.05, 0.1) is 36.5 Å². The van der Waals surface area contributed by atoms with E-state index in [2.05, 4.69) is 25.5 Å². The highest BCUT2D eigenvalue weighted by Gasteiger charge is 2.24. The first-order valence-electron chi connectivity index (χ1n) is 9.08. The molecule has 1 aliphatic heterocycles. The minimum Gasteiger partial charge on any atom is -0.465 e. The highest BCUT2D eigenvalue weighted by Crippen LogP contribution is 2.32. The molecular weight excluding hydrogens is 380 g/mol. The number of nitrogens with zero attached hydrogens (tertiary/aromatic N) is 4. The maximum atomic E-state index is 11.9. The lowest BCUT2D eigenvalue weighted by molar-refractivity contribution is -0.383. The van der Waals surface area contributed by atoms with Crippen molar-refractivity contribution in [3.05, 3.63) is 46.3 Å². The minimum absolute atomic E-state index is 0.0183. The van der Waals surface area contributed by atoms with Crippen LogP contribution in [0.25, 0.3) is 0 Å². The molecule has 0 amide bonds. The summed E-state index contributed by atoms with van der Waals surface area (Å²) in [6, 6.07) is 6.54. The maximum Gasteiger partial charge on any atom is 0.353 e. The first kappa shape index (κ1) is 20.4. The molecule has 1 fully saturated rings. The Labute approximate surface area is 167 Å². The van der Waals surface area contributed by atoms with Crippen LogP contribution < -0.4 is 10.6 Å². The largest absolute Gasteiger partial charge is 0.465 e. The highest BCUT2D eigenvalue weighted by molar-refractivity contribution is 5.96. The Kier molecular flexibility index (Phi) is 6.87. The SMILES string of the molecule is COC(=O)c1ccccc1Nc1ncnc(NCCN2CCOCC2)c1[N+](=O)[O-]. The Morgan fingerprint density at radius 3 is 2.72 bits per heavy atom. The monoisotopic (exact) mass is 402 g/mol. The number of morpholine rings is 1. The van der Waals surface area contributed by atoms with Crippen molar-refractivity contribution < 1.29 is 19.2 Å². The predicted molar refractivity (Wildman–Crippen MR) is 105 cm³/mol. The van der Waals surface area contributed by atoms with Crippen LogP contribution in [0.5, 0.6) is 0 Å². The average Bonchev–Trinajstić information content (AvgIpc) is 2.74. The third-order valence-electron chi connectivity index (χ3n) is 4.41. The topological polar surface area (TPSA) is 132 Å². The molecule has 0 spiro atoms. The van der Waals surface area contributed by atoms with Gasteiger partial charge in [0, 0.05) is 26.2 Å². The van der Waals surface area contributed by atoms with Crippen LogP contribution in [0.3, 0.4) is 0 Å². The lowest BCUT2D eigenvalue weighted by atomic mass is 10.2.